The second-order valence-corrected chi connectivity index (χ2v) is 8.30. The minimum atomic E-state index is 0.209. The van der Waals surface area contributed by atoms with E-state index in [2.05, 4.69) is 16.8 Å². The third-order valence-electron chi connectivity index (χ3n) is 6.06. The predicted octanol–water partition coefficient (Wildman–Crippen LogP) is 4.22. The average Bonchev–Trinajstić information content (AvgIpc) is 3.45. The summed E-state index contributed by atoms with van der Waals surface area (Å²) < 4.78 is 1.98. The maximum absolute atomic E-state index is 13.2. The van der Waals surface area contributed by atoms with Gasteiger partial charge < -0.3 is 4.90 Å². The molecule has 3 aromatic rings. The first kappa shape index (κ1) is 21.2. The molecule has 1 aliphatic rings. The number of aromatic nitrogens is 4. The van der Waals surface area contributed by atoms with Gasteiger partial charge in [-0.3, -0.25) is 9.78 Å². The van der Waals surface area contributed by atoms with E-state index in [1.54, 1.807) is 6.20 Å². The average molecular weight is 418 g/mol. The molecular weight excluding hydrogens is 386 g/mol. The molecular formula is C25H31N5O. The summed E-state index contributed by atoms with van der Waals surface area (Å²) in [6, 6.07) is 14.3. The monoisotopic (exact) mass is 417 g/mol. The first-order chi connectivity index (χ1) is 15.1. The molecule has 162 valence electrons. The highest BCUT2D eigenvalue weighted by molar-refractivity contribution is 5.79. The van der Waals surface area contributed by atoms with E-state index in [1.807, 2.05) is 54.1 Å². The zero-order chi connectivity index (χ0) is 21.6. The van der Waals surface area contributed by atoms with Crippen LogP contribution in [0.4, 0.5) is 0 Å². The fraction of sp³-hybridized carbons (Fsp3) is 0.440. The molecule has 0 bridgehead atoms. The second kappa shape index (κ2) is 9.86. The van der Waals surface area contributed by atoms with Gasteiger partial charge in [0.1, 0.15) is 5.82 Å². The van der Waals surface area contributed by atoms with Gasteiger partial charge in [-0.2, -0.15) is 5.10 Å². The molecule has 1 fully saturated rings. The van der Waals surface area contributed by atoms with E-state index in [0.717, 1.165) is 47.7 Å². The summed E-state index contributed by atoms with van der Waals surface area (Å²) in [5.74, 6) is 1.89. The number of benzene rings is 1. The lowest BCUT2D eigenvalue weighted by atomic mass is 10.1. The third-order valence-corrected chi connectivity index (χ3v) is 6.06. The van der Waals surface area contributed by atoms with E-state index in [9.17, 15) is 4.79 Å². The van der Waals surface area contributed by atoms with Crippen LogP contribution in [0.1, 0.15) is 49.7 Å². The summed E-state index contributed by atoms with van der Waals surface area (Å²) in [5, 5.41) is 4.77. The number of rotatable bonds is 8. The Hall–Kier alpha value is -3.02. The van der Waals surface area contributed by atoms with Crippen LogP contribution in [0.2, 0.25) is 0 Å². The summed E-state index contributed by atoms with van der Waals surface area (Å²) in [6.07, 6.45) is 7.65. The van der Waals surface area contributed by atoms with Crippen molar-refractivity contribution in [2.24, 2.45) is 0 Å². The molecule has 1 amide bonds. The summed E-state index contributed by atoms with van der Waals surface area (Å²) >= 11 is 0. The van der Waals surface area contributed by atoms with Crippen LogP contribution in [0.25, 0.3) is 11.4 Å². The molecule has 0 aliphatic heterocycles. The molecule has 0 spiro atoms. The fourth-order valence-corrected chi connectivity index (χ4v) is 4.42. The van der Waals surface area contributed by atoms with E-state index in [1.165, 1.54) is 12.8 Å². The number of carbonyl (C=O) groups is 1. The lowest BCUT2D eigenvalue weighted by molar-refractivity contribution is -0.132. The van der Waals surface area contributed by atoms with E-state index in [-0.39, 0.29) is 5.91 Å². The smallest absolute Gasteiger partial charge is 0.227 e. The minimum Gasteiger partial charge on any atom is -0.338 e. The van der Waals surface area contributed by atoms with Gasteiger partial charge in [0.15, 0.2) is 5.82 Å². The Labute approximate surface area is 184 Å². The van der Waals surface area contributed by atoms with E-state index in [0.29, 0.717) is 25.6 Å². The lowest BCUT2D eigenvalue weighted by Gasteiger charge is -2.29. The summed E-state index contributed by atoms with van der Waals surface area (Å²) in [6.45, 7) is 5.40. The van der Waals surface area contributed by atoms with Crippen molar-refractivity contribution in [2.75, 3.05) is 6.54 Å². The van der Waals surface area contributed by atoms with Crippen LogP contribution in [-0.4, -0.2) is 43.1 Å². The van der Waals surface area contributed by atoms with Crippen molar-refractivity contribution in [3.05, 3.63) is 65.7 Å². The molecule has 0 unspecified atom stereocenters. The number of hydrogen-bond donors (Lipinski definition) is 0. The fourth-order valence-electron chi connectivity index (χ4n) is 4.42. The number of nitrogens with zero attached hydrogens (tertiary/aromatic N) is 5. The van der Waals surface area contributed by atoms with Gasteiger partial charge in [-0.1, -0.05) is 50.1 Å². The summed E-state index contributed by atoms with van der Waals surface area (Å²) in [4.78, 5) is 24.3. The molecule has 1 saturated carbocycles. The maximum atomic E-state index is 13.2. The number of pyridine rings is 1. The molecule has 4 rings (SSSR count). The zero-order valence-corrected chi connectivity index (χ0v) is 18.5. The highest BCUT2D eigenvalue weighted by Gasteiger charge is 2.27. The predicted molar refractivity (Wildman–Crippen MR) is 121 cm³/mol. The molecule has 1 aliphatic carbocycles. The molecule has 0 N–H and O–H groups in total. The van der Waals surface area contributed by atoms with Crippen LogP contribution >= 0.6 is 0 Å². The number of amides is 1. The van der Waals surface area contributed by atoms with Gasteiger partial charge in [-0.15, -0.1) is 0 Å². The lowest BCUT2D eigenvalue weighted by Crippen LogP contribution is -2.42. The molecule has 6 nitrogen and oxygen atoms in total. The van der Waals surface area contributed by atoms with Crippen LogP contribution in [0.3, 0.4) is 0 Å². The number of carbonyl (C=O) groups excluding carboxylic acids is 1. The third kappa shape index (κ3) is 5.19. The maximum Gasteiger partial charge on any atom is 0.227 e. The molecule has 2 aromatic heterocycles. The van der Waals surface area contributed by atoms with Crippen molar-refractivity contribution in [3.8, 4) is 11.4 Å². The van der Waals surface area contributed by atoms with Crippen molar-refractivity contribution in [2.45, 2.75) is 65.0 Å². The topological polar surface area (TPSA) is 63.9 Å². The Balaban J connectivity index is 1.50. The van der Waals surface area contributed by atoms with Gasteiger partial charge in [0.05, 0.1) is 13.0 Å². The molecule has 0 atom stereocenters. The van der Waals surface area contributed by atoms with E-state index < -0.39 is 0 Å². The normalized spacial score (nSPS) is 14.1. The summed E-state index contributed by atoms with van der Waals surface area (Å²) in [7, 11) is 0. The van der Waals surface area contributed by atoms with Crippen LogP contribution in [0, 0.1) is 6.92 Å². The van der Waals surface area contributed by atoms with Crippen molar-refractivity contribution in [3.63, 3.8) is 0 Å². The first-order valence-corrected chi connectivity index (χ1v) is 11.3. The SMILES string of the molecule is CCc1nc(-c2ccnc(C)c2)nn1CCN(C(=O)Cc1ccccc1)C1CCCC1. The van der Waals surface area contributed by atoms with Crippen LogP contribution in [0.5, 0.6) is 0 Å². The molecule has 2 heterocycles. The Morgan fingerprint density at radius 1 is 1.16 bits per heavy atom. The molecule has 31 heavy (non-hydrogen) atoms. The van der Waals surface area contributed by atoms with Gasteiger partial charge in [0.25, 0.3) is 0 Å². The van der Waals surface area contributed by atoms with Crippen molar-refractivity contribution in [1.29, 1.82) is 0 Å². The number of aryl methyl sites for hydroxylation is 2. The Morgan fingerprint density at radius 2 is 1.94 bits per heavy atom. The van der Waals surface area contributed by atoms with Crippen LogP contribution < -0.4 is 0 Å². The second-order valence-electron chi connectivity index (χ2n) is 8.30. The Morgan fingerprint density at radius 3 is 2.65 bits per heavy atom. The molecule has 6 heteroatoms. The van der Waals surface area contributed by atoms with Gasteiger partial charge in [0, 0.05) is 36.5 Å². The Kier molecular flexibility index (Phi) is 6.75. The largest absolute Gasteiger partial charge is 0.338 e. The first-order valence-electron chi connectivity index (χ1n) is 11.3. The molecule has 0 radical (unpaired) electrons. The van der Waals surface area contributed by atoms with Crippen molar-refractivity contribution < 1.29 is 4.79 Å². The van der Waals surface area contributed by atoms with Crippen LogP contribution in [0.15, 0.2) is 48.7 Å². The molecule has 0 saturated heterocycles. The standard InChI is InChI=1S/C25H31N5O/c1-3-23-27-25(21-13-14-26-19(2)17-21)28-30(23)16-15-29(22-11-7-8-12-22)24(31)18-20-9-5-4-6-10-20/h4-6,9-10,13-14,17,22H,3,7-8,11-12,15-16,18H2,1-2H3. The van der Waals surface area contributed by atoms with Crippen molar-refractivity contribution >= 4 is 5.91 Å². The Bertz CT molecular complexity index is 1010. The van der Waals surface area contributed by atoms with Gasteiger partial charge in [-0.25, -0.2) is 9.67 Å². The summed E-state index contributed by atoms with van der Waals surface area (Å²) in [5.41, 5.74) is 3.00. The number of hydrogen-bond acceptors (Lipinski definition) is 4. The van der Waals surface area contributed by atoms with E-state index >= 15 is 0 Å². The van der Waals surface area contributed by atoms with Gasteiger partial charge >= 0.3 is 0 Å². The highest BCUT2D eigenvalue weighted by atomic mass is 16.2. The quantitative estimate of drug-likeness (QED) is 0.550. The van der Waals surface area contributed by atoms with Gasteiger partial charge in [0.2, 0.25) is 5.91 Å². The zero-order valence-electron chi connectivity index (χ0n) is 18.5. The van der Waals surface area contributed by atoms with E-state index in [4.69, 9.17) is 10.1 Å². The minimum absolute atomic E-state index is 0.209. The molecule has 1 aromatic carbocycles. The van der Waals surface area contributed by atoms with Crippen LogP contribution in [-0.2, 0) is 24.2 Å². The van der Waals surface area contributed by atoms with Crippen molar-refractivity contribution in [1.82, 2.24) is 24.6 Å². The highest BCUT2D eigenvalue weighted by Crippen LogP contribution is 2.24. The van der Waals surface area contributed by atoms with Gasteiger partial charge in [-0.05, 0) is 37.5 Å².